The fourth-order valence-corrected chi connectivity index (χ4v) is 5.64. The molecule has 1 heterocycles. The average molecular weight is 262 g/mol. The summed E-state index contributed by atoms with van der Waals surface area (Å²) in [5, 5.41) is 5.25. The van der Waals surface area contributed by atoms with Crippen LogP contribution in [0.2, 0.25) is 0 Å². The van der Waals surface area contributed by atoms with Gasteiger partial charge in [0.2, 0.25) is 0 Å². The van der Waals surface area contributed by atoms with Gasteiger partial charge in [-0.1, -0.05) is 20.8 Å². The van der Waals surface area contributed by atoms with Gasteiger partial charge in [0, 0.05) is 28.0 Å². The van der Waals surface area contributed by atoms with Gasteiger partial charge < -0.3 is 5.32 Å². The molecule has 0 bridgehead atoms. The largest absolute Gasteiger partial charge is 0.316 e. The quantitative estimate of drug-likeness (QED) is 0.784. The highest BCUT2D eigenvalue weighted by Gasteiger charge is 2.30. The molecule has 1 nitrogen and oxygen atoms in total. The van der Waals surface area contributed by atoms with Gasteiger partial charge in [-0.05, 0) is 32.2 Å². The zero-order valence-corrected chi connectivity index (χ0v) is 12.8. The highest BCUT2D eigenvalue weighted by molar-refractivity contribution is 8.07. The Balaban J connectivity index is 2.48. The third-order valence-corrected chi connectivity index (χ3v) is 6.72. The van der Waals surface area contributed by atoms with Crippen LogP contribution in [0, 0.1) is 5.92 Å². The van der Waals surface area contributed by atoms with E-state index in [1.165, 1.54) is 30.8 Å². The molecule has 3 unspecified atom stereocenters. The van der Waals surface area contributed by atoms with Gasteiger partial charge in [-0.15, -0.1) is 0 Å². The van der Waals surface area contributed by atoms with Crippen molar-refractivity contribution in [3.8, 4) is 0 Å². The van der Waals surface area contributed by atoms with E-state index in [2.05, 4.69) is 56.7 Å². The molecule has 1 N–H and O–H groups in total. The van der Waals surface area contributed by atoms with E-state index in [9.17, 15) is 0 Å². The Morgan fingerprint density at radius 3 is 2.44 bits per heavy atom. The smallest absolute Gasteiger partial charge is 0.0320 e. The Morgan fingerprint density at radius 1 is 1.19 bits per heavy atom. The van der Waals surface area contributed by atoms with Gasteiger partial charge in [0.25, 0.3) is 0 Å². The molecule has 96 valence electrons. The summed E-state index contributed by atoms with van der Waals surface area (Å²) in [4.78, 5) is 0. The summed E-state index contributed by atoms with van der Waals surface area (Å²) in [5.41, 5.74) is 0. The van der Waals surface area contributed by atoms with Gasteiger partial charge in [-0.2, -0.15) is 23.5 Å². The van der Waals surface area contributed by atoms with Crippen LogP contribution in [0.3, 0.4) is 0 Å². The number of nitrogens with one attached hydrogen (secondary N) is 1. The molecule has 16 heavy (non-hydrogen) atoms. The fourth-order valence-electron chi connectivity index (χ4n) is 2.30. The molecule has 1 rings (SSSR count). The second kappa shape index (κ2) is 7.88. The first-order valence-corrected chi connectivity index (χ1v) is 8.69. The Labute approximate surface area is 110 Å². The molecule has 1 fully saturated rings. The van der Waals surface area contributed by atoms with Crippen LogP contribution in [-0.4, -0.2) is 35.1 Å². The third-order valence-electron chi connectivity index (χ3n) is 3.32. The van der Waals surface area contributed by atoms with E-state index in [1.54, 1.807) is 0 Å². The minimum atomic E-state index is 0.713. The van der Waals surface area contributed by atoms with E-state index >= 15 is 0 Å². The Morgan fingerprint density at radius 2 is 1.88 bits per heavy atom. The first kappa shape index (κ1) is 14.7. The third kappa shape index (κ3) is 4.50. The van der Waals surface area contributed by atoms with Crippen molar-refractivity contribution in [3.05, 3.63) is 0 Å². The van der Waals surface area contributed by atoms with E-state index in [0.29, 0.717) is 6.04 Å². The lowest BCUT2D eigenvalue weighted by Gasteiger charge is -2.36. The lowest BCUT2D eigenvalue weighted by molar-refractivity contribution is 0.434. The SMILES string of the molecule is CCC1SCCSC1C(CCC(C)C)NC. The molecule has 1 saturated heterocycles. The van der Waals surface area contributed by atoms with Crippen LogP contribution in [0.25, 0.3) is 0 Å². The number of hydrogen-bond acceptors (Lipinski definition) is 3. The van der Waals surface area contributed by atoms with Crippen LogP contribution >= 0.6 is 23.5 Å². The molecular formula is C13H27NS2. The van der Waals surface area contributed by atoms with E-state index in [0.717, 1.165) is 16.4 Å². The lowest BCUT2D eigenvalue weighted by Crippen LogP contribution is -2.43. The minimum absolute atomic E-state index is 0.713. The van der Waals surface area contributed by atoms with Crippen LogP contribution in [-0.2, 0) is 0 Å². The molecule has 3 heteroatoms. The molecule has 1 aliphatic rings. The molecule has 0 spiro atoms. The summed E-state index contributed by atoms with van der Waals surface area (Å²) in [6.45, 7) is 6.99. The van der Waals surface area contributed by atoms with Crippen LogP contribution in [0.4, 0.5) is 0 Å². The Bertz CT molecular complexity index is 185. The monoisotopic (exact) mass is 261 g/mol. The number of hydrogen-bond donors (Lipinski definition) is 1. The topological polar surface area (TPSA) is 12.0 Å². The molecule has 1 aliphatic heterocycles. The van der Waals surface area contributed by atoms with Crippen molar-refractivity contribution < 1.29 is 0 Å². The van der Waals surface area contributed by atoms with Gasteiger partial charge in [0.1, 0.15) is 0 Å². The number of thioether (sulfide) groups is 2. The molecular weight excluding hydrogens is 234 g/mol. The molecule has 0 radical (unpaired) electrons. The summed E-state index contributed by atoms with van der Waals surface area (Å²) in [5.74, 6) is 3.52. The van der Waals surface area contributed by atoms with Crippen molar-refractivity contribution in [3.63, 3.8) is 0 Å². The zero-order chi connectivity index (χ0) is 12.0. The second-order valence-electron chi connectivity index (χ2n) is 5.02. The Hall–Kier alpha value is 0.660. The van der Waals surface area contributed by atoms with Crippen molar-refractivity contribution >= 4 is 23.5 Å². The summed E-state index contributed by atoms with van der Waals surface area (Å²) in [7, 11) is 2.14. The van der Waals surface area contributed by atoms with E-state index in [-0.39, 0.29) is 0 Å². The first-order valence-electron chi connectivity index (χ1n) is 6.59. The van der Waals surface area contributed by atoms with E-state index in [1.807, 2.05) is 0 Å². The Kier molecular flexibility index (Phi) is 7.25. The van der Waals surface area contributed by atoms with Gasteiger partial charge in [-0.3, -0.25) is 0 Å². The molecule has 0 aromatic carbocycles. The van der Waals surface area contributed by atoms with Gasteiger partial charge in [-0.25, -0.2) is 0 Å². The highest BCUT2D eigenvalue weighted by atomic mass is 32.2. The van der Waals surface area contributed by atoms with Crippen molar-refractivity contribution in [2.24, 2.45) is 5.92 Å². The maximum absolute atomic E-state index is 3.56. The van der Waals surface area contributed by atoms with E-state index in [4.69, 9.17) is 0 Å². The molecule has 0 saturated carbocycles. The molecule has 0 amide bonds. The normalized spacial score (nSPS) is 28.3. The van der Waals surface area contributed by atoms with Crippen molar-refractivity contribution in [1.82, 2.24) is 5.32 Å². The second-order valence-corrected chi connectivity index (χ2v) is 7.65. The first-order chi connectivity index (χ1) is 7.69. The van der Waals surface area contributed by atoms with Crippen LogP contribution in [0.5, 0.6) is 0 Å². The predicted octanol–water partition coefficient (Wildman–Crippen LogP) is 3.64. The van der Waals surface area contributed by atoms with Gasteiger partial charge in [0.15, 0.2) is 0 Å². The molecule has 0 aromatic heterocycles. The fraction of sp³-hybridized carbons (Fsp3) is 1.00. The van der Waals surface area contributed by atoms with E-state index < -0.39 is 0 Å². The highest BCUT2D eigenvalue weighted by Crippen LogP contribution is 2.36. The summed E-state index contributed by atoms with van der Waals surface area (Å²) in [6, 6.07) is 0.713. The van der Waals surface area contributed by atoms with Crippen LogP contribution in [0.15, 0.2) is 0 Å². The summed E-state index contributed by atoms with van der Waals surface area (Å²) in [6.07, 6.45) is 4.01. The zero-order valence-electron chi connectivity index (χ0n) is 11.2. The van der Waals surface area contributed by atoms with Gasteiger partial charge >= 0.3 is 0 Å². The molecule has 3 atom stereocenters. The summed E-state index contributed by atoms with van der Waals surface area (Å²) < 4.78 is 0. The van der Waals surface area contributed by atoms with Crippen LogP contribution in [0.1, 0.15) is 40.0 Å². The maximum atomic E-state index is 3.56. The van der Waals surface area contributed by atoms with Crippen molar-refractivity contribution in [2.45, 2.75) is 56.6 Å². The predicted molar refractivity (Wildman–Crippen MR) is 79.7 cm³/mol. The standard InChI is InChI=1S/C13H27NS2/c1-5-12-13(16-9-8-15-12)11(14-4)7-6-10(2)3/h10-14H,5-9H2,1-4H3. The maximum Gasteiger partial charge on any atom is 0.0320 e. The minimum Gasteiger partial charge on any atom is -0.316 e. The summed E-state index contributed by atoms with van der Waals surface area (Å²) >= 11 is 4.39. The molecule has 0 aliphatic carbocycles. The van der Waals surface area contributed by atoms with Crippen molar-refractivity contribution in [1.29, 1.82) is 0 Å². The van der Waals surface area contributed by atoms with Crippen molar-refractivity contribution in [2.75, 3.05) is 18.6 Å². The molecule has 0 aromatic rings. The average Bonchev–Trinajstić information content (AvgIpc) is 2.30. The van der Waals surface area contributed by atoms with Crippen LogP contribution < -0.4 is 5.32 Å². The number of rotatable bonds is 6. The lowest BCUT2D eigenvalue weighted by atomic mass is 9.99. The van der Waals surface area contributed by atoms with Gasteiger partial charge in [0.05, 0.1) is 0 Å².